The maximum atomic E-state index is 12.3. The fraction of sp³-hybridized carbons (Fsp3) is 0.176. The Kier molecular flexibility index (Phi) is 3.31. The molecular weight excluding hydrogens is 280 g/mol. The van der Waals surface area contributed by atoms with Gasteiger partial charge in [0.2, 0.25) is 0 Å². The van der Waals surface area contributed by atoms with Crippen molar-refractivity contribution >= 4 is 17.3 Å². The first kappa shape index (κ1) is 14.4. The molecule has 1 aliphatic heterocycles. The maximum Gasteiger partial charge on any atom is 0.314 e. The van der Waals surface area contributed by atoms with Crippen molar-refractivity contribution in [1.82, 2.24) is 0 Å². The topological polar surface area (TPSA) is 73.1 Å². The quantitative estimate of drug-likeness (QED) is 0.829. The SMILES string of the molecule is Cc1ccc(C2=NN(c3ccc(C)cc3)C(=O)C2(O)O)cc1. The molecule has 0 aromatic heterocycles. The van der Waals surface area contributed by atoms with E-state index in [0.29, 0.717) is 11.3 Å². The van der Waals surface area contributed by atoms with Gasteiger partial charge in [-0.25, -0.2) is 0 Å². The molecule has 1 aliphatic rings. The van der Waals surface area contributed by atoms with Crippen LogP contribution in [0, 0.1) is 13.8 Å². The van der Waals surface area contributed by atoms with Gasteiger partial charge in [-0.3, -0.25) is 4.79 Å². The van der Waals surface area contributed by atoms with E-state index in [1.54, 1.807) is 24.3 Å². The summed E-state index contributed by atoms with van der Waals surface area (Å²) in [4.78, 5) is 12.3. The Balaban J connectivity index is 2.05. The molecule has 0 spiro atoms. The molecule has 1 amide bonds. The van der Waals surface area contributed by atoms with E-state index in [1.165, 1.54) is 0 Å². The summed E-state index contributed by atoms with van der Waals surface area (Å²) in [5.41, 5.74) is 2.99. The van der Waals surface area contributed by atoms with E-state index in [1.807, 2.05) is 38.1 Å². The predicted molar refractivity (Wildman–Crippen MR) is 83.5 cm³/mol. The highest BCUT2D eigenvalue weighted by Crippen LogP contribution is 2.28. The van der Waals surface area contributed by atoms with E-state index in [9.17, 15) is 15.0 Å². The number of rotatable bonds is 2. The molecule has 0 unspecified atom stereocenters. The molecule has 0 fully saturated rings. The lowest BCUT2D eigenvalue weighted by Gasteiger charge is -2.17. The van der Waals surface area contributed by atoms with Gasteiger partial charge in [-0.1, -0.05) is 47.5 Å². The average molecular weight is 296 g/mol. The summed E-state index contributed by atoms with van der Waals surface area (Å²) in [6.45, 7) is 3.86. The van der Waals surface area contributed by atoms with Crippen LogP contribution in [0.1, 0.15) is 16.7 Å². The number of nitrogens with zero attached hydrogens (tertiary/aromatic N) is 2. The number of aliphatic hydroxyl groups is 2. The highest BCUT2D eigenvalue weighted by atomic mass is 16.5. The lowest BCUT2D eigenvalue weighted by Crippen LogP contribution is -2.46. The van der Waals surface area contributed by atoms with Crippen LogP contribution in [0.2, 0.25) is 0 Å². The highest BCUT2D eigenvalue weighted by Gasteiger charge is 2.49. The lowest BCUT2D eigenvalue weighted by atomic mass is 10.0. The average Bonchev–Trinajstić information content (AvgIpc) is 2.72. The molecule has 0 saturated heterocycles. The molecule has 2 N–H and O–H groups in total. The number of carbonyl (C=O) groups excluding carboxylic acids is 1. The molecule has 5 heteroatoms. The van der Waals surface area contributed by atoms with Crippen molar-refractivity contribution in [2.75, 3.05) is 5.01 Å². The Morgan fingerprint density at radius 1 is 0.909 bits per heavy atom. The summed E-state index contributed by atoms with van der Waals surface area (Å²) in [7, 11) is 0. The van der Waals surface area contributed by atoms with Crippen molar-refractivity contribution in [2.45, 2.75) is 19.6 Å². The van der Waals surface area contributed by atoms with Crippen molar-refractivity contribution in [3.63, 3.8) is 0 Å². The number of aryl methyl sites for hydroxylation is 2. The molecule has 2 aromatic rings. The zero-order valence-electron chi connectivity index (χ0n) is 12.3. The minimum absolute atomic E-state index is 0.0712. The van der Waals surface area contributed by atoms with Gasteiger partial charge in [0.25, 0.3) is 5.79 Å². The first-order chi connectivity index (χ1) is 10.4. The summed E-state index contributed by atoms with van der Waals surface area (Å²) in [6.07, 6.45) is 0. The van der Waals surface area contributed by atoms with Crippen LogP contribution in [0.5, 0.6) is 0 Å². The zero-order valence-corrected chi connectivity index (χ0v) is 12.3. The zero-order chi connectivity index (χ0) is 15.9. The first-order valence-corrected chi connectivity index (χ1v) is 6.91. The summed E-state index contributed by atoms with van der Waals surface area (Å²) in [6, 6.07) is 14.2. The molecule has 0 radical (unpaired) electrons. The Morgan fingerprint density at radius 3 is 1.95 bits per heavy atom. The molecule has 2 aromatic carbocycles. The van der Waals surface area contributed by atoms with Gasteiger partial charge in [0.05, 0.1) is 5.69 Å². The molecule has 0 aliphatic carbocycles. The van der Waals surface area contributed by atoms with E-state index in [4.69, 9.17) is 0 Å². The van der Waals surface area contributed by atoms with E-state index in [2.05, 4.69) is 5.10 Å². The van der Waals surface area contributed by atoms with Gasteiger partial charge in [-0.2, -0.15) is 10.1 Å². The molecule has 5 nitrogen and oxygen atoms in total. The van der Waals surface area contributed by atoms with E-state index >= 15 is 0 Å². The minimum atomic E-state index is -2.62. The Morgan fingerprint density at radius 2 is 1.41 bits per heavy atom. The van der Waals surface area contributed by atoms with Crippen molar-refractivity contribution in [2.24, 2.45) is 5.10 Å². The number of hydrazone groups is 1. The first-order valence-electron chi connectivity index (χ1n) is 6.91. The lowest BCUT2D eigenvalue weighted by molar-refractivity contribution is -0.155. The maximum absolute atomic E-state index is 12.3. The van der Waals surface area contributed by atoms with Crippen LogP contribution in [0.25, 0.3) is 0 Å². The van der Waals surface area contributed by atoms with E-state index < -0.39 is 11.7 Å². The largest absolute Gasteiger partial charge is 0.353 e. The molecule has 3 rings (SSSR count). The van der Waals surface area contributed by atoms with Crippen LogP contribution in [0.15, 0.2) is 53.6 Å². The van der Waals surface area contributed by atoms with Crippen LogP contribution in [0.3, 0.4) is 0 Å². The van der Waals surface area contributed by atoms with E-state index in [0.717, 1.165) is 16.1 Å². The third-order valence-electron chi connectivity index (χ3n) is 3.62. The number of carbonyl (C=O) groups is 1. The van der Waals surface area contributed by atoms with Crippen LogP contribution < -0.4 is 5.01 Å². The van der Waals surface area contributed by atoms with Gasteiger partial charge >= 0.3 is 5.91 Å². The van der Waals surface area contributed by atoms with Gasteiger partial charge in [0.1, 0.15) is 5.71 Å². The molecule has 22 heavy (non-hydrogen) atoms. The van der Waals surface area contributed by atoms with Crippen molar-refractivity contribution < 1.29 is 15.0 Å². The molecular formula is C17H16N2O3. The number of benzene rings is 2. The smallest absolute Gasteiger partial charge is 0.314 e. The van der Waals surface area contributed by atoms with Gasteiger partial charge < -0.3 is 10.2 Å². The van der Waals surface area contributed by atoms with Crippen molar-refractivity contribution in [3.05, 3.63) is 65.2 Å². The predicted octanol–water partition coefficient (Wildman–Crippen LogP) is 1.74. The normalized spacial score (nSPS) is 16.8. The summed E-state index contributed by atoms with van der Waals surface area (Å²) in [5, 5.41) is 25.5. The number of amides is 1. The molecule has 112 valence electrons. The fourth-order valence-electron chi connectivity index (χ4n) is 2.30. The molecule has 1 heterocycles. The number of anilines is 1. The van der Waals surface area contributed by atoms with Crippen LogP contribution in [-0.2, 0) is 4.79 Å². The van der Waals surface area contributed by atoms with Crippen LogP contribution >= 0.6 is 0 Å². The number of hydrogen-bond donors (Lipinski definition) is 2. The van der Waals surface area contributed by atoms with Gasteiger partial charge in [0.15, 0.2) is 0 Å². The monoisotopic (exact) mass is 296 g/mol. The Hall–Kier alpha value is -2.50. The Labute approximate surface area is 128 Å². The second kappa shape index (κ2) is 5.05. The van der Waals surface area contributed by atoms with Gasteiger partial charge in [0, 0.05) is 5.56 Å². The minimum Gasteiger partial charge on any atom is -0.353 e. The van der Waals surface area contributed by atoms with Gasteiger partial charge in [-0.15, -0.1) is 0 Å². The Bertz CT molecular complexity index is 746. The summed E-state index contributed by atoms with van der Waals surface area (Å²) < 4.78 is 0. The number of hydrogen-bond acceptors (Lipinski definition) is 4. The third-order valence-corrected chi connectivity index (χ3v) is 3.62. The summed E-state index contributed by atoms with van der Waals surface area (Å²) >= 11 is 0. The molecule has 0 atom stereocenters. The van der Waals surface area contributed by atoms with Crippen molar-refractivity contribution in [1.29, 1.82) is 0 Å². The summed E-state index contributed by atoms with van der Waals surface area (Å²) in [5.74, 6) is -3.51. The molecule has 0 saturated carbocycles. The van der Waals surface area contributed by atoms with Crippen LogP contribution in [0.4, 0.5) is 5.69 Å². The second-order valence-corrected chi connectivity index (χ2v) is 5.44. The third kappa shape index (κ3) is 2.30. The molecule has 0 bridgehead atoms. The highest BCUT2D eigenvalue weighted by molar-refractivity contribution is 6.26. The standard InChI is InChI=1S/C17H16N2O3/c1-11-3-7-13(8-4-11)15-17(21,22)16(20)19(18-15)14-9-5-12(2)6-10-14/h3-10,21-22H,1-2H3. The second-order valence-electron chi connectivity index (χ2n) is 5.44. The van der Waals surface area contributed by atoms with Gasteiger partial charge in [-0.05, 0) is 26.0 Å². The van der Waals surface area contributed by atoms with E-state index in [-0.39, 0.29) is 5.71 Å². The van der Waals surface area contributed by atoms with Crippen LogP contribution in [-0.4, -0.2) is 27.6 Å². The van der Waals surface area contributed by atoms with Crippen molar-refractivity contribution in [3.8, 4) is 0 Å². The fourth-order valence-corrected chi connectivity index (χ4v) is 2.30.